The number of rotatable bonds is 6. The number of fused-ring (bicyclic) bond motifs is 1. The van der Waals surface area contributed by atoms with Gasteiger partial charge in [0.05, 0.1) is 18.8 Å². The van der Waals surface area contributed by atoms with Crippen molar-refractivity contribution >= 4 is 45.0 Å². The van der Waals surface area contributed by atoms with E-state index in [4.69, 9.17) is 21.4 Å². The fraction of sp³-hybridized carbons (Fsp3) is 0.353. The van der Waals surface area contributed by atoms with Crippen LogP contribution in [0.25, 0.3) is 0 Å². The van der Waals surface area contributed by atoms with Crippen LogP contribution in [0.15, 0.2) is 29.3 Å². The number of hydrogen-bond acceptors (Lipinski definition) is 6. The second-order valence-corrected chi connectivity index (χ2v) is 8.65. The molecule has 162 valence electrons. The Morgan fingerprint density at radius 2 is 2.13 bits per heavy atom. The topological polar surface area (TPSA) is 143 Å². The zero-order chi connectivity index (χ0) is 22.1. The molecule has 1 unspecified atom stereocenters. The number of halogens is 1. The summed E-state index contributed by atoms with van der Waals surface area (Å²) < 4.78 is 35.1. The molecule has 30 heavy (non-hydrogen) atoms. The average Bonchev–Trinajstić information content (AvgIpc) is 3.07. The first-order valence-electron chi connectivity index (χ1n) is 8.92. The van der Waals surface area contributed by atoms with E-state index in [-0.39, 0.29) is 46.2 Å². The largest absolute Gasteiger partial charge is 0.484 e. The van der Waals surface area contributed by atoms with Crippen molar-refractivity contribution in [3.05, 3.63) is 29.5 Å². The highest BCUT2D eigenvalue weighted by atomic mass is 35.5. The maximum absolute atomic E-state index is 13.4. The molecule has 11 nitrogen and oxygen atoms in total. The van der Waals surface area contributed by atoms with Gasteiger partial charge in [-0.25, -0.2) is 13.2 Å². The van der Waals surface area contributed by atoms with E-state index in [9.17, 15) is 18.0 Å². The lowest BCUT2D eigenvalue weighted by Crippen LogP contribution is -2.48. The lowest BCUT2D eigenvalue weighted by Gasteiger charge is -2.35. The SMILES string of the molecule is CCn1cc(S(=O)(=O)N2CC(CNC(C)=O)Oc3ccc(NC(=O)O)cc32)c(Cl)n1. The highest BCUT2D eigenvalue weighted by Crippen LogP contribution is 2.39. The van der Waals surface area contributed by atoms with Crippen LogP contribution in [0, 0.1) is 0 Å². The van der Waals surface area contributed by atoms with E-state index in [1.165, 1.54) is 36.0 Å². The number of carbonyl (C=O) groups is 2. The summed E-state index contributed by atoms with van der Waals surface area (Å²) in [5.41, 5.74) is 0.307. The van der Waals surface area contributed by atoms with Crippen molar-refractivity contribution < 1.29 is 27.9 Å². The summed E-state index contributed by atoms with van der Waals surface area (Å²) in [6, 6.07) is 4.26. The van der Waals surface area contributed by atoms with Crippen molar-refractivity contribution in [2.75, 3.05) is 22.7 Å². The maximum Gasteiger partial charge on any atom is 0.409 e. The van der Waals surface area contributed by atoms with Gasteiger partial charge in [0.1, 0.15) is 16.7 Å². The van der Waals surface area contributed by atoms with Crippen molar-refractivity contribution in [3.63, 3.8) is 0 Å². The van der Waals surface area contributed by atoms with Gasteiger partial charge in [-0.1, -0.05) is 11.6 Å². The number of nitrogens with one attached hydrogen (secondary N) is 2. The van der Waals surface area contributed by atoms with Crippen LogP contribution in [-0.4, -0.2) is 54.5 Å². The molecule has 0 fully saturated rings. The molecule has 2 aromatic rings. The number of ether oxygens (including phenoxy) is 1. The van der Waals surface area contributed by atoms with Crippen LogP contribution in [0.1, 0.15) is 13.8 Å². The Balaban J connectivity index is 2.06. The molecule has 0 saturated carbocycles. The Morgan fingerprint density at radius 1 is 1.40 bits per heavy atom. The fourth-order valence-electron chi connectivity index (χ4n) is 2.94. The Morgan fingerprint density at radius 3 is 2.73 bits per heavy atom. The van der Waals surface area contributed by atoms with Gasteiger partial charge in [0.2, 0.25) is 5.91 Å². The lowest BCUT2D eigenvalue weighted by atomic mass is 10.2. The summed E-state index contributed by atoms with van der Waals surface area (Å²) in [7, 11) is -4.16. The molecule has 0 spiro atoms. The van der Waals surface area contributed by atoms with Gasteiger partial charge >= 0.3 is 6.09 Å². The van der Waals surface area contributed by atoms with E-state index in [0.29, 0.717) is 6.54 Å². The summed E-state index contributed by atoms with van der Waals surface area (Å²) in [4.78, 5) is 22.1. The molecule has 0 saturated heterocycles. The number of carboxylic acid groups (broad SMARTS) is 1. The molecular formula is C17H20ClN5O6S. The number of hydrogen-bond donors (Lipinski definition) is 3. The quantitative estimate of drug-likeness (QED) is 0.599. The average molecular weight is 458 g/mol. The number of sulfonamides is 1. The summed E-state index contributed by atoms with van der Waals surface area (Å²) in [6.45, 7) is 3.51. The van der Waals surface area contributed by atoms with Crippen LogP contribution in [0.3, 0.4) is 0 Å². The molecule has 2 heterocycles. The number of aryl methyl sites for hydroxylation is 1. The second-order valence-electron chi connectivity index (χ2n) is 6.47. The first-order valence-corrected chi connectivity index (χ1v) is 10.7. The highest BCUT2D eigenvalue weighted by Gasteiger charge is 2.37. The van der Waals surface area contributed by atoms with Crippen LogP contribution in [0.5, 0.6) is 5.75 Å². The number of aromatic nitrogens is 2. The van der Waals surface area contributed by atoms with Crippen LogP contribution in [-0.2, 0) is 21.4 Å². The van der Waals surface area contributed by atoms with Crippen molar-refractivity contribution in [2.45, 2.75) is 31.4 Å². The van der Waals surface area contributed by atoms with Gasteiger partial charge in [-0.15, -0.1) is 0 Å². The summed E-state index contributed by atoms with van der Waals surface area (Å²) in [6.07, 6.45) is -0.638. The predicted octanol–water partition coefficient (Wildman–Crippen LogP) is 1.74. The van der Waals surface area contributed by atoms with Gasteiger partial charge in [-0.3, -0.25) is 19.1 Å². The molecule has 1 aliphatic rings. The first kappa shape index (κ1) is 21.7. The molecule has 1 aromatic heterocycles. The molecule has 1 aromatic carbocycles. The van der Waals surface area contributed by atoms with Crippen molar-refractivity contribution in [2.24, 2.45) is 0 Å². The number of anilines is 2. The van der Waals surface area contributed by atoms with Crippen molar-refractivity contribution in [1.29, 1.82) is 0 Å². The van der Waals surface area contributed by atoms with Crippen molar-refractivity contribution in [1.82, 2.24) is 15.1 Å². The Kier molecular flexibility index (Phi) is 6.08. The van der Waals surface area contributed by atoms with Crippen LogP contribution in [0.4, 0.5) is 16.2 Å². The smallest absolute Gasteiger partial charge is 0.409 e. The molecular weight excluding hydrogens is 438 g/mol. The van der Waals surface area contributed by atoms with E-state index < -0.39 is 22.2 Å². The third-order valence-corrected chi connectivity index (χ3v) is 6.47. The number of amides is 2. The van der Waals surface area contributed by atoms with Gasteiger partial charge in [-0.05, 0) is 25.1 Å². The molecule has 0 radical (unpaired) electrons. The van der Waals surface area contributed by atoms with Gasteiger partial charge < -0.3 is 15.2 Å². The Hall–Kier alpha value is -2.99. The third-order valence-electron chi connectivity index (χ3n) is 4.30. The molecule has 1 aliphatic heterocycles. The minimum atomic E-state index is -4.16. The molecule has 2 amide bonds. The van der Waals surface area contributed by atoms with E-state index in [2.05, 4.69) is 15.7 Å². The zero-order valence-electron chi connectivity index (χ0n) is 16.1. The van der Waals surface area contributed by atoms with Gasteiger partial charge in [-0.2, -0.15) is 5.10 Å². The third kappa shape index (κ3) is 4.44. The number of benzene rings is 1. The predicted molar refractivity (Wildman–Crippen MR) is 109 cm³/mol. The zero-order valence-corrected chi connectivity index (χ0v) is 17.7. The first-order chi connectivity index (χ1) is 14.1. The molecule has 13 heteroatoms. The van der Waals surface area contributed by atoms with Crippen molar-refractivity contribution in [3.8, 4) is 5.75 Å². The van der Waals surface area contributed by atoms with E-state index in [1.54, 1.807) is 6.92 Å². The summed E-state index contributed by atoms with van der Waals surface area (Å²) in [5, 5.41) is 17.5. The van der Waals surface area contributed by atoms with E-state index >= 15 is 0 Å². The molecule has 3 N–H and O–H groups in total. The fourth-order valence-corrected chi connectivity index (χ4v) is 4.89. The van der Waals surface area contributed by atoms with Gasteiger partial charge in [0.25, 0.3) is 10.0 Å². The summed E-state index contributed by atoms with van der Waals surface area (Å²) >= 11 is 6.08. The minimum absolute atomic E-state index is 0.0812. The minimum Gasteiger partial charge on any atom is -0.484 e. The Bertz CT molecular complexity index is 1090. The number of nitrogens with zero attached hydrogens (tertiary/aromatic N) is 3. The number of carbonyl (C=O) groups excluding carboxylic acids is 1. The Labute approximate surface area is 177 Å². The monoisotopic (exact) mass is 457 g/mol. The van der Waals surface area contributed by atoms with Crippen LogP contribution in [0.2, 0.25) is 5.15 Å². The van der Waals surface area contributed by atoms with Gasteiger partial charge in [0, 0.05) is 25.4 Å². The summed E-state index contributed by atoms with van der Waals surface area (Å²) in [5.74, 6) is -0.0674. The second kappa shape index (κ2) is 8.40. The van der Waals surface area contributed by atoms with E-state index in [0.717, 1.165) is 4.31 Å². The standard InChI is InChI=1S/C17H20ClN5O6S/c1-3-22-9-15(16(18)21-22)30(27,28)23-8-12(7-19-10(2)24)29-14-5-4-11(6-13(14)23)20-17(25)26/h4-6,9,12,20H,3,7-8H2,1-2H3,(H,19,24)(H,25,26). The molecule has 0 bridgehead atoms. The normalized spacial score (nSPS) is 15.8. The lowest BCUT2D eigenvalue weighted by molar-refractivity contribution is -0.119. The van der Waals surface area contributed by atoms with Crippen LogP contribution >= 0.6 is 11.6 Å². The maximum atomic E-state index is 13.4. The van der Waals surface area contributed by atoms with Gasteiger partial charge in [0.15, 0.2) is 5.15 Å². The highest BCUT2D eigenvalue weighted by molar-refractivity contribution is 7.93. The molecule has 3 rings (SSSR count). The molecule has 0 aliphatic carbocycles. The van der Waals surface area contributed by atoms with E-state index in [1.807, 2.05) is 0 Å². The van der Waals surface area contributed by atoms with Crippen LogP contribution < -0.4 is 19.7 Å². The molecule has 1 atom stereocenters.